The lowest BCUT2D eigenvalue weighted by atomic mass is 9.90. The molecule has 0 aliphatic heterocycles. The minimum atomic E-state index is 0.768. The molecule has 2 rings (SSSR count). The van der Waals surface area contributed by atoms with Gasteiger partial charge in [0, 0.05) is 12.8 Å². The van der Waals surface area contributed by atoms with Crippen molar-refractivity contribution >= 4 is 6.21 Å². The third-order valence-electron chi connectivity index (χ3n) is 3.34. The van der Waals surface area contributed by atoms with E-state index in [4.69, 9.17) is 0 Å². The molecule has 1 heteroatoms. The van der Waals surface area contributed by atoms with Crippen molar-refractivity contribution in [3.63, 3.8) is 0 Å². The molecule has 1 nitrogen and oxygen atoms in total. The fourth-order valence-corrected chi connectivity index (χ4v) is 2.35. The van der Waals surface area contributed by atoms with Crippen molar-refractivity contribution in [3.8, 4) is 0 Å². The van der Waals surface area contributed by atoms with Gasteiger partial charge in [0.15, 0.2) is 0 Å². The Morgan fingerprint density at radius 2 is 1.81 bits per heavy atom. The van der Waals surface area contributed by atoms with Gasteiger partial charge >= 0.3 is 0 Å². The number of rotatable bonds is 4. The molecule has 1 fully saturated rings. The van der Waals surface area contributed by atoms with E-state index >= 15 is 0 Å². The lowest BCUT2D eigenvalue weighted by Crippen LogP contribution is -2.07. The van der Waals surface area contributed by atoms with Crippen LogP contribution in [0.15, 0.2) is 35.3 Å². The average Bonchev–Trinajstić information content (AvgIpc) is 2.37. The summed E-state index contributed by atoms with van der Waals surface area (Å²) in [7, 11) is 0. The van der Waals surface area contributed by atoms with Crippen molar-refractivity contribution in [2.24, 2.45) is 10.9 Å². The highest BCUT2D eigenvalue weighted by Crippen LogP contribution is 2.21. The third kappa shape index (κ3) is 3.80. The van der Waals surface area contributed by atoms with E-state index in [1.165, 1.54) is 37.7 Å². The van der Waals surface area contributed by atoms with Crippen molar-refractivity contribution in [2.75, 3.05) is 6.54 Å². The fourth-order valence-electron chi connectivity index (χ4n) is 2.35. The fraction of sp³-hybridized carbons (Fsp3) is 0.533. The topological polar surface area (TPSA) is 12.4 Å². The maximum Gasteiger partial charge on any atom is 0.0425 e. The molecule has 1 aromatic carbocycles. The van der Waals surface area contributed by atoms with Crippen molar-refractivity contribution in [1.29, 1.82) is 0 Å². The summed E-state index contributed by atoms with van der Waals surface area (Å²) in [5.41, 5.74) is 1.39. The molecule has 86 valence electrons. The first-order valence-corrected chi connectivity index (χ1v) is 6.49. The Morgan fingerprint density at radius 3 is 2.56 bits per heavy atom. The van der Waals surface area contributed by atoms with E-state index in [9.17, 15) is 0 Å². The standard InChI is InChI=1S/C15H21N/c1-3-7-14(8-4-1)11-12-16-13-15-9-5-2-6-10-15/h1,3-4,7-8,13,15H,2,5-6,9-12H2. The predicted octanol–water partition coefficient (Wildman–Crippen LogP) is 3.88. The maximum absolute atomic E-state index is 4.57. The van der Waals surface area contributed by atoms with Crippen LogP contribution in [0.4, 0.5) is 0 Å². The van der Waals surface area contributed by atoms with Crippen LogP contribution in [0.25, 0.3) is 0 Å². The van der Waals surface area contributed by atoms with E-state index in [-0.39, 0.29) is 0 Å². The molecule has 0 amide bonds. The normalized spacial score (nSPS) is 18.0. The molecule has 0 unspecified atom stereocenters. The zero-order valence-electron chi connectivity index (χ0n) is 9.94. The molecule has 16 heavy (non-hydrogen) atoms. The van der Waals surface area contributed by atoms with Crippen LogP contribution in [0.2, 0.25) is 0 Å². The molecule has 1 aliphatic rings. The quantitative estimate of drug-likeness (QED) is 0.676. The number of aliphatic imine (C=N–C) groups is 1. The van der Waals surface area contributed by atoms with Gasteiger partial charge in [0.2, 0.25) is 0 Å². The van der Waals surface area contributed by atoms with Gasteiger partial charge in [0.05, 0.1) is 0 Å². The Balaban J connectivity index is 1.69. The zero-order valence-corrected chi connectivity index (χ0v) is 9.94. The van der Waals surface area contributed by atoms with Crippen molar-refractivity contribution < 1.29 is 0 Å². The smallest absolute Gasteiger partial charge is 0.0425 e. The predicted molar refractivity (Wildman–Crippen MR) is 70.1 cm³/mol. The van der Waals surface area contributed by atoms with Crippen LogP contribution in [0.1, 0.15) is 37.7 Å². The van der Waals surface area contributed by atoms with E-state index < -0.39 is 0 Å². The van der Waals surface area contributed by atoms with Gasteiger partial charge < -0.3 is 0 Å². The van der Waals surface area contributed by atoms with E-state index in [1.54, 1.807) is 0 Å². The summed E-state index contributed by atoms with van der Waals surface area (Å²) in [6.07, 6.45) is 10.2. The molecule has 1 aliphatic carbocycles. The monoisotopic (exact) mass is 215 g/mol. The Hall–Kier alpha value is -1.11. The highest BCUT2D eigenvalue weighted by molar-refractivity contribution is 5.60. The SMILES string of the molecule is C(=NCCc1ccccc1)C1CCCCC1. The Bertz CT molecular complexity index is 309. The molecule has 0 N–H and O–H groups in total. The molecular formula is C15H21N. The minimum Gasteiger partial charge on any atom is -0.297 e. The molecule has 1 saturated carbocycles. The second-order valence-corrected chi connectivity index (χ2v) is 4.69. The summed E-state index contributed by atoms with van der Waals surface area (Å²) in [4.78, 5) is 4.57. The molecule has 0 saturated heterocycles. The van der Waals surface area contributed by atoms with Crippen molar-refractivity contribution in [2.45, 2.75) is 38.5 Å². The van der Waals surface area contributed by atoms with Gasteiger partial charge in [0.1, 0.15) is 0 Å². The minimum absolute atomic E-state index is 0.768. The molecular weight excluding hydrogens is 194 g/mol. The second-order valence-electron chi connectivity index (χ2n) is 4.69. The zero-order chi connectivity index (χ0) is 11.1. The van der Waals surface area contributed by atoms with Crippen molar-refractivity contribution in [3.05, 3.63) is 35.9 Å². The largest absolute Gasteiger partial charge is 0.297 e. The van der Waals surface area contributed by atoms with Crippen molar-refractivity contribution in [1.82, 2.24) is 0 Å². The summed E-state index contributed by atoms with van der Waals surface area (Å²) < 4.78 is 0. The molecule has 0 heterocycles. The van der Waals surface area contributed by atoms with Gasteiger partial charge in [-0.25, -0.2) is 0 Å². The maximum atomic E-state index is 4.57. The van der Waals surface area contributed by atoms with Gasteiger partial charge in [-0.05, 0) is 30.7 Å². The molecule has 0 bridgehead atoms. The van der Waals surface area contributed by atoms with Gasteiger partial charge in [-0.1, -0.05) is 49.6 Å². The molecule has 1 aromatic rings. The first-order valence-electron chi connectivity index (χ1n) is 6.49. The van der Waals surface area contributed by atoms with E-state index in [1.807, 2.05) is 0 Å². The third-order valence-corrected chi connectivity index (χ3v) is 3.34. The molecule has 0 aromatic heterocycles. The lowest BCUT2D eigenvalue weighted by Gasteiger charge is -2.16. The number of benzene rings is 1. The summed E-state index contributed by atoms with van der Waals surface area (Å²) in [6.45, 7) is 0.945. The first kappa shape index (κ1) is 11.4. The highest BCUT2D eigenvalue weighted by atomic mass is 14.7. The first-order chi connectivity index (χ1) is 7.95. The summed E-state index contributed by atoms with van der Waals surface area (Å²) in [5.74, 6) is 0.768. The summed E-state index contributed by atoms with van der Waals surface area (Å²) >= 11 is 0. The van der Waals surface area contributed by atoms with Crippen LogP contribution >= 0.6 is 0 Å². The van der Waals surface area contributed by atoms with Crippen LogP contribution in [0, 0.1) is 5.92 Å². The highest BCUT2D eigenvalue weighted by Gasteiger charge is 2.09. The van der Waals surface area contributed by atoms with Gasteiger partial charge in [0.25, 0.3) is 0 Å². The molecule has 0 radical (unpaired) electrons. The summed E-state index contributed by atoms with van der Waals surface area (Å²) in [5, 5.41) is 0. The number of nitrogens with zero attached hydrogens (tertiary/aromatic N) is 1. The van der Waals surface area contributed by atoms with Crippen LogP contribution in [0.3, 0.4) is 0 Å². The number of hydrogen-bond acceptors (Lipinski definition) is 1. The van der Waals surface area contributed by atoms with E-state index in [0.29, 0.717) is 0 Å². The second kappa shape index (κ2) is 6.47. The molecule has 0 atom stereocenters. The van der Waals surface area contributed by atoms with Gasteiger partial charge in [-0.2, -0.15) is 0 Å². The lowest BCUT2D eigenvalue weighted by molar-refractivity contribution is 0.444. The average molecular weight is 215 g/mol. The number of hydrogen-bond donors (Lipinski definition) is 0. The van der Waals surface area contributed by atoms with Crippen LogP contribution in [-0.2, 0) is 6.42 Å². The Morgan fingerprint density at radius 1 is 1.06 bits per heavy atom. The van der Waals surface area contributed by atoms with E-state index in [0.717, 1.165) is 18.9 Å². The Kier molecular flexibility index (Phi) is 4.60. The van der Waals surface area contributed by atoms with Crippen LogP contribution < -0.4 is 0 Å². The van der Waals surface area contributed by atoms with Gasteiger partial charge in [-0.15, -0.1) is 0 Å². The van der Waals surface area contributed by atoms with Gasteiger partial charge in [-0.3, -0.25) is 4.99 Å². The summed E-state index contributed by atoms with van der Waals surface area (Å²) in [6, 6.07) is 10.6. The Labute approximate surface area is 98.6 Å². The molecule has 0 spiro atoms. The van der Waals surface area contributed by atoms with E-state index in [2.05, 4.69) is 41.5 Å². The van der Waals surface area contributed by atoms with Crippen LogP contribution in [-0.4, -0.2) is 12.8 Å². The van der Waals surface area contributed by atoms with Crippen LogP contribution in [0.5, 0.6) is 0 Å².